The first kappa shape index (κ1) is 24.3. The molecule has 1 saturated heterocycles. The van der Waals surface area contributed by atoms with E-state index in [1.807, 2.05) is 59.2 Å². The van der Waals surface area contributed by atoms with Crippen molar-refractivity contribution in [1.29, 1.82) is 0 Å². The number of hydrogen-bond acceptors (Lipinski definition) is 5. The van der Waals surface area contributed by atoms with Gasteiger partial charge >= 0.3 is 0 Å². The molecule has 1 aliphatic rings. The molecule has 5 rings (SSSR count). The Bertz CT molecular complexity index is 1430. The lowest BCUT2D eigenvalue weighted by molar-refractivity contribution is 0.477. The standard InChI is InChI=1S/C25H22Cl2N4O2S2/c26-22-12-7-13-23(27)21(22)17-34-25-29-28-24(31(25)19-9-2-1-3-10-19)18-8-6-11-20(16-18)35(32,33)30-14-4-5-15-30/h1-3,6-13,16H,4-5,14-15,17H2. The van der Waals surface area contributed by atoms with Crippen molar-refractivity contribution < 1.29 is 8.42 Å². The van der Waals surface area contributed by atoms with E-state index in [0.29, 0.717) is 45.4 Å². The van der Waals surface area contributed by atoms with E-state index in [-0.39, 0.29) is 4.90 Å². The minimum absolute atomic E-state index is 0.261. The van der Waals surface area contributed by atoms with Crippen molar-refractivity contribution in [2.75, 3.05) is 13.1 Å². The van der Waals surface area contributed by atoms with Crippen LogP contribution in [0.25, 0.3) is 17.1 Å². The molecule has 4 aromatic rings. The number of nitrogens with zero attached hydrogens (tertiary/aromatic N) is 4. The molecule has 0 bridgehead atoms. The van der Waals surface area contributed by atoms with E-state index in [1.54, 1.807) is 22.5 Å². The van der Waals surface area contributed by atoms with Gasteiger partial charge in [0.1, 0.15) is 0 Å². The minimum Gasteiger partial charge on any atom is -0.270 e. The van der Waals surface area contributed by atoms with Gasteiger partial charge < -0.3 is 0 Å². The summed E-state index contributed by atoms with van der Waals surface area (Å²) in [4.78, 5) is 0.261. The fourth-order valence-corrected chi connectivity index (χ4v) is 7.30. The summed E-state index contributed by atoms with van der Waals surface area (Å²) in [6.07, 6.45) is 1.77. The molecular weight excluding hydrogens is 523 g/mol. The molecule has 10 heteroatoms. The maximum absolute atomic E-state index is 13.2. The fraction of sp³-hybridized carbons (Fsp3) is 0.200. The van der Waals surface area contributed by atoms with Crippen LogP contribution >= 0.6 is 35.0 Å². The molecule has 1 aliphatic heterocycles. The molecular formula is C25H22Cl2N4O2S2. The van der Waals surface area contributed by atoms with Crippen LogP contribution in [0.15, 0.2) is 82.8 Å². The molecule has 0 unspecified atom stereocenters. The second-order valence-corrected chi connectivity index (χ2v) is 11.8. The minimum atomic E-state index is -3.55. The second kappa shape index (κ2) is 10.3. The van der Waals surface area contributed by atoms with Gasteiger partial charge in [0.15, 0.2) is 11.0 Å². The van der Waals surface area contributed by atoms with E-state index < -0.39 is 10.0 Å². The highest BCUT2D eigenvalue weighted by Crippen LogP contribution is 2.34. The van der Waals surface area contributed by atoms with E-state index in [9.17, 15) is 8.42 Å². The van der Waals surface area contributed by atoms with E-state index in [2.05, 4.69) is 10.2 Å². The quantitative estimate of drug-likeness (QED) is 0.254. The summed E-state index contributed by atoms with van der Waals surface area (Å²) in [7, 11) is -3.55. The van der Waals surface area contributed by atoms with Gasteiger partial charge in [-0.05, 0) is 54.8 Å². The molecule has 0 radical (unpaired) electrons. The molecule has 2 heterocycles. The average molecular weight is 546 g/mol. The maximum atomic E-state index is 13.2. The monoisotopic (exact) mass is 544 g/mol. The van der Waals surface area contributed by atoms with Crippen molar-refractivity contribution in [3.63, 3.8) is 0 Å². The lowest BCUT2D eigenvalue weighted by Gasteiger charge is -2.16. The Morgan fingerprint density at radius 3 is 2.26 bits per heavy atom. The molecule has 35 heavy (non-hydrogen) atoms. The van der Waals surface area contributed by atoms with E-state index >= 15 is 0 Å². The van der Waals surface area contributed by atoms with Gasteiger partial charge in [0.05, 0.1) is 4.90 Å². The van der Waals surface area contributed by atoms with Crippen molar-refractivity contribution >= 4 is 45.0 Å². The number of rotatable bonds is 7. The van der Waals surface area contributed by atoms with Crippen LogP contribution in [-0.2, 0) is 15.8 Å². The predicted octanol–water partition coefficient (Wildman–Crippen LogP) is 6.32. The lowest BCUT2D eigenvalue weighted by Crippen LogP contribution is -2.27. The zero-order valence-electron chi connectivity index (χ0n) is 18.6. The first-order valence-corrected chi connectivity index (χ1v) is 14.3. The van der Waals surface area contributed by atoms with Crippen LogP contribution < -0.4 is 0 Å². The summed E-state index contributed by atoms with van der Waals surface area (Å²) in [5, 5.41) is 10.7. The molecule has 3 aromatic carbocycles. The predicted molar refractivity (Wildman–Crippen MR) is 141 cm³/mol. The van der Waals surface area contributed by atoms with Crippen LogP contribution in [0.2, 0.25) is 10.0 Å². The lowest BCUT2D eigenvalue weighted by atomic mass is 10.2. The SMILES string of the molecule is O=S(=O)(c1cccc(-c2nnc(SCc3c(Cl)cccc3Cl)n2-c2ccccc2)c1)N1CCCC1. The van der Waals surface area contributed by atoms with Gasteiger partial charge in [-0.25, -0.2) is 8.42 Å². The van der Waals surface area contributed by atoms with Gasteiger partial charge in [0, 0.05) is 40.1 Å². The molecule has 0 spiro atoms. The largest absolute Gasteiger partial charge is 0.270 e. The molecule has 0 N–H and O–H groups in total. The van der Waals surface area contributed by atoms with E-state index in [0.717, 1.165) is 24.1 Å². The third-order valence-electron chi connectivity index (χ3n) is 5.85. The Hall–Kier alpha value is -2.36. The molecule has 0 aliphatic carbocycles. The third-order valence-corrected chi connectivity index (χ3v) is 9.41. The van der Waals surface area contributed by atoms with Gasteiger partial charge in [-0.3, -0.25) is 4.57 Å². The highest BCUT2D eigenvalue weighted by atomic mass is 35.5. The number of thioether (sulfide) groups is 1. The first-order valence-electron chi connectivity index (χ1n) is 11.1. The Morgan fingerprint density at radius 1 is 0.857 bits per heavy atom. The molecule has 6 nitrogen and oxygen atoms in total. The number of aromatic nitrogens is 3. The van der Waals surface area contributed by atoms with Gasteiger partial charge in [-0.15, -0.1) is 10.2 Å². The number of hydrogen-bond donors (Lipinski definition) is 0. The van der Waals surface area contributed by atoms with Crippen molar-refractivity contribution in [3.8, 4) is 17.1 Å². The van der Waals surface area contributed by atoms with Crippen molar-refractivity contribution in [2.45, 2.75) is 28.6 Å². The third kappa shape index (κ3) is 4.99. The van der Waals surface area contributed by atoms with Crippen LogP contribution in [0.5, 0.6) is 0 Å². The first-order chi connectivity index (χ1) is 16.9. The summed E-state index contributed by atoms with van der Waals surface area (Å²) >= 11 is 14.2. The molecule has 0 atom stereocenters. The topological polar surface area (TPSA) is 68.1 Å². The van der Waals surface area contributed by atoms with E-state index in [1.165, 1.54) is 11.8 Å². The van der Waals surface area contributed by atoms with Crippen LogP contribution in [0, 0.1) is 0 Å². The van der Waals surface area contributed by atoms with E-state index in [4.69, 9.17) is 23.2 Å². The van der Waals surface area contributed by atoms with Gasteiger partial charge in [0.25, 0.3) is 0 Å². The molecule has 0 saturated carbocycles. The highest BCUT2D eigenvalue weighted by Gasteiger charge is 2.28. The Labute approximate surface area is 218 Å². The maximum Gasteiger partial charge on any atom is 0.243 e. The normalized spacial score (nSPS) is 14.5. The summed E-state index contributed by atoms with van der Waals surface area (Å²) in [5.74, 6) is 1.06. The van der Waals surface area contributed by atoms with Crippen LogP contribution in [0.3, 0.4) is 0 Å². The Morgan fingerprint density at radius 2 is 1.54 bits per heavy atom. The summed E-state index contributed by atoms with van der Waals surface area (Å²) in [6.45, 7) is 1.11. The molecule has 180 valence electrons. The smallest absolute Gasteiger partial charge is 0.243 e. The molecule has 0 amide bonds. The molecule has 1 aromatic heterocycles. The number of benzene rings is 3. The Kier molecular flexibility index (Phi) is 7.18. The zero-order valence-corrected chi connectivity index (χ0v) is 21.8. The Balaban J connectivity index is 1.54. The van der Waals surface area contributed by atoms with Crippen LogP contribution in [0.4, 0.5) is 0 Å². The zero-order chi connectivity index (χ0) is 24.4. The summed E-state index contributed by atoms with van der Waals surface area (Å²) in [5.41, 5.74) is 2.36. The van der Waals surface area contributed by atoms with Crippen molar-refractivity contribution in [3.05, 3.63) is 88.4 Å². The highest BCUT2D eigenvalue weighted by molar-refractivity contribution is 7.98. The van der Waals surface area contributed by atoms with Gasteiger partial charge in [-0.1, -0.05) is 71.4 Å². The fourth-order valence-electron chi connectivity index (χ4n) is 4.04. The van der Waals surface area contributed by atoms with Crippen molar-refractivity contribution in [1.82, 2.24) is 19.1 Å². The summed E-state index contributed by atoms with van der Waals surface area (Å²) in [6, 6.07) is 22.1. The second-order valence-electron chi connectivity index (χ2n) is 8.11. The number of para-hydroxylation sites is 1. The van der Waals surface area contributed by atoms with Crippen LogP contribution in [0.1, 0.15) is 18.4 Å². The molecule has 1 fully saturated rings. The van der Waals surface area contributed by atoms with Gasteiger partial charge in [0.2, 0.25) is 10.0 Å². The average Bonchev–Trinajstić information content (AvgIpc) is 3.55. The number of halogens is 2. The van der Waals surface area contributed by atoms with Gasteiger partial charge in [-0.2, -0.15) is 4.31 Å². The van der Waals surface area contributed by atoms with Crippen molar-refractivity contribution in [2.24, 2.45) is 0 Å². The summed E-state index contributed by atoms with van der Waals surface area (Å²) < 4.78 is 29.8. The number of sulfonamides is 1. The van der Waals surface area contributed by atoms with Crippen LogP contribution in [-0.4, -0.2) is 40.6 Å².